The van der Waals surface area contributed by atoms with Crippen LogP contribution in [0.25, 0.3) is 11.4 Å². The smallest absolute Gasteiger partial charge is 0.183 e. The van der Waals surface area contributed by atoms with Crippen LogP contribution in [0.2, 0.25) is 0 Å². The van der Waals surface area contributed by atoms with Gasteiger partial charge in [0.15, 0.2) is 10.9 Å². The molecule has 30 heavy (non-hydrogen) atoms. The Balaban J connectivity index is 1.22. The Hall–Kier alpha value is -2.90. The maximum atomic E-state index is 12.1. The van der Waals surface area contributed by atoms with Crippen LogP contribution in [-0.4, -0.2) is 46.0 Å². The third-order valence-corrected chi connectivity index (χ3v) is 6.41. The van der Waals surface area contributed by atoms with Gasteiger partial charge in [-0.3, -0.25) is 19.7 Å². The number of carbonyl (C=O) groups excluding carboxylic acids is 1. The third-order valence-electron chi connectivity index (χ3n) is 5.63. The second kappa shape index (κ2) is 8.45. The van der Waals surface area contributed by atoms with E-state index in [0.717, 1.165) is 43.3 Å². The molecule has 0 amide bonds. The van der Waals surface area contributed by atoms with Gasteiger partial charge in [-0.15, -0.1) is 11.3 Å². The largest absolute Gasteiger partial charge is 0.359 e. The van der Waals surface area contributed by atoms with Crippen molar-refractivity contribution >= 4 is 34.2 Å². The summed E-state index contributed by atoms with van der Waals surface area (Å²) in [4.78, 5) is 28.2. The quantitative estimate of drug-likeness (QED) is 0.658. The lowest BCUT2D eigenvalue weighted by Gasteiger charge is -2.32. The first-order chi connectivity index (χ1) is 14.8. The topological polar surface area (TPSA) is 70.5 Å². The predicted octanol–water partition coefficient (Wildman–Crippen LogP) is 4.57. The Labute approximate surface area is 179 Å². The van der Waals surface area contributed by atoms with Gasteiger partial charge < -0.3 is 5.32 Å². The number of rotatable bonds is 5. The number of piperidine rings is 1. The van der Waals surface area contributed by atoms with E-state index in [1.165, 1.54) is 5.56 Å². The first-order valence-corrected chi connectivity index (χ1v) is 11.2. The Morgan fingerprint density at radius 1 is 1.13 bits per heavy atom. The lowest BCUT2D eigenvalue weighted by molar-refractivity contribution is 0.100. The Morgan fingerprint density at radius 3 is 2.80 bits per heavy atom. The van der Waals surface area contributed by atoms with Gasteiger partial charge in [-0.25, -0.2) is 4.98 Å². The van der Waals surface area contributed by atoms with Crippen molar-refractivity contribution < 1.29 is 4.79 Å². The summed E-state index contributed by atoms with van der Waals surface area (Å²) in [5, 5.41) is 6.48. The first-order valence-electron chi connectivity index (χ1n) is 10.3. The Morgan fingerprint density at radius 2 is 1.97 bits per heavy atom. The van der Waals surface area contributed by atoms with Crippen molar-refractivity contribution in [3.63, 3.8) is 0 Å². The maximum Gasteiger partial charge on any atom is 0.183 e. The van der Waals surface area contributed by atoms with E-state index >= 15 is 0 Å². The zero-order valence-electron chi connectivity index (χ0n) is 16.6. The second-order valence-electron chi connectivity index (χ2n) is 7.71. The van der Waals surface area contributed by atoms with Crippen LogP contribution < -0.4 is 5.32 Å². The summed E-state index contributed by atoms with van der Waals surface area (Å²) in [6.07, 6.45) is 5.87. The molecule has 0 radical (unpaired) electrons. The zero-order valence-corrected chi connectivity index (χ0v) is 17.4. The number of pyridine rings is 1. The van der Waals surface area contributed by atoms with Gasteiger partial charge in [-0.2, -0.15) is 0 Å². The number of nitrogens with one attached hydrogen (secondary N) is 1. The van der Waals surface area contributed by atoms with Crippen LogP contribution in [0.3, 0.4) is 0 Å². The molecule has 1 fully saturated rings. The fourth-order valence-corrected chi connectivity index (χ4v) is 4.80. The average molecular weight is 418 g/mol. The molecule has 2 aliphatic heterocycles. The minimum Gasteiger partial charge on any atom is -0.359 e. The van der Waals surface area contributed by atoms with Crippen molar-refractivity contribution in [3.8, 4) is 11.4 Å². The summed E-state index contributed by atoms with van der Waals surface area (Å²) in [6.45, 7) is 3.17. The van der Waals surface area contributed by atoms with Crippen LogP contribution in [0, 0.1) is 0 Å². The standard InChI is InChI=1S/C23H23N5OS/c29-20-7-11-24-21-18(20)6-10-25-22(21)19-15-30-23(27-19)26-17-8-12-28(13-9-17)14-16-4-2-1-3-5-16/h1-6,10-11,15,17H,7-9,12-14H2,(H,26,27). The maximum absolute atomic E-state index is 12.1. The Bertz CT molecular complexity index is 1070. The van der Waals surface area contributed by atoms with E-state index in [2.05, 4.69) is 50.5 Å². The number of thiazole rings is 1. The number of aliphatic imine (C=N–C) groups is 1. The van der Waals surface area contributed by atoms with E-state index < -0.39 is 0 Å². The predicted molar refractivity (Wildman–Crippen MR) is 121 cm³/mol. The molecule has 1 saturated heterocycles. The van der Waals surface area contributed by atoms with Crippen molar-refractivity contribution in [1.82, 2.24) is 14.9 Å². The van der Waals surface area contributed by atoms with Crippen molar-refractivity contribution in [2.45, 2.75) is 31.8 Å². The Kier molecular flexibility index (Phi) is 5.38. The number of likely N-dealkylation sites (tertiary alicyclic amines) is 1. The van der Waals surface area contributed by atoms with Gasteiger partial charge in [0.1, 0.15) is 17.1 Å². The molecule has 0 atom stereocenters. The molecular weight excluding hydrogens is 394 g/mol. The number of hydrogen-bond acceptors (Lipinski definition) is 7. The SMILES string of the molecule is O=C1CC=Nc2c1ccnc2-c1csc(NC2CCN(Cc3ccccc3)CC2)n1. The summed E-state index contributed by atoms with van der Waals surface area (Å²) < 4.78 is 0. The number of nitrogens with zero attached hydrogens (tertiary/aromatic N) is 4. The highest BCUT2D eigenvalue weighted by Gasteiger charge is 2.22. The molecule has 5 rings (SSSR count). The summed E-state index contributed by atoms with van der Waals surface area (Å²) >= 11 is 1.58. The zero-order chi connectivity index (χ0) is 20.3. The molecule has 0 saturated carbocycles. The molecule has 1 N–H and O–H groups in total. The van der Waals surface area contributed by atoms with Crippen LogP contribution in [-0.2, 0) is 6.54 Å². The molecule has 0 aliphatic carbocycles. The van der Waals surface area contributed by atoms with Gasteiger partial charge in [-0.1, -0.05) is 30.3 Å². The van der Waals surface area contributed by atoms with E-state index in [-0.39, 0.29) is 5.78 Å². The van der Waals surface area contributed by atoms with Crippen molar-refractivity contribution in [2.75, 3.05) is 18.4 Å². The summed E-state index contributed by atoms with van der Waals surface area (Å²) in [5.41, 5.74) is 4.09. The van der Waals surface area contributed by atoms with Gasteiger partial charge in [0.2, 0.25) is 0 Å². The molecular formula is C23H23N5OS. The first kappa shape index (κ1) is 19.1. The van der Waals surface area contributed by atoms with E-state index in [0.29, 0.717) is 29.4 Å². The third kappa shape index (κ3) is 4.04. The van der Waals surface area contributed by atoms with Crippen LogP contribution in [0.15, 0.2) is 53.0 Å². The highest BCUT2D eigenvalue weighted by Crippen LogP contribution is 2.35. The minimum atomic E-state index is 0.0829. The monoisotopic (exact) mass is 417 g/mol. The van der Waals surface area contributed by atoms with Crippen molar-refractivity contribution in [2.24, 2.45) is 4.99 Å². The van der Waals surface area contributed by atoms with Gasteiger partial charge in [0, 0.05) is 55.5 Å². The van der Waals surface area contributed by atoms with E-state index in [9.17, 15) is 4.79 Å². The number of hydrogen-bond donors (Lipinski definition) is 1. The van der Waals surface area contributed by atoms with Crippen LogP contribution in [0.5, 0.6) is 0 Å². The van der Waals surface area contributed by atoms with E-state index in [4.69, 9.17) is 4.98 Å². The average Bonchev–Trinajstić information content (AvgIpc) is 3.24. The molecule has 0 spiro atoms. The normalized spacial score (nSPS) is 17.1. The molecule has 2 aromatic heterocycles. The van der Waals surface area contributed by atoms with E-state index in [1.54, 1.807) is 29.8 Å². The van der Waals surface area contributed by atoms with Crippen LogP contribution in [0.1, 0.15) is 35.2 Å². The molecule has 1 aromatic carbocycles. The number of carbonyl (C=O) groups is 1. The number of fused-ring (bicyclic) bond motifs is 1. The van der Waals surface area contributed by atoms with Gasteiger partial charge in [0.05, 0.1) is 0 Å². The highest BCUT2D eigenvalue weighted by atomic mass is 32.1. The molecule has 152 valence electrons. The number of anilines is 1. The summed E-state index contributed by atoms with van der Waals surface area (Å²) in [7, 11) is 0. The number of Topliss-reactive ketones (excluding diaryl/α,β-unsaturated/α-hetero) is 1. The van der Waals surface area contributed by atoms with E-state index in [1.807, 2.05) is 5.38 Å². The fourth-order valence-electron chi connectivity index (χ4n) is 4.03. The molecule has 7 heteroatoms. The fraction of sp³-hybridized carbons (Fsp3) is 0.304. The van der Waals surface area contributed by atoms with Gasteiger partial charge in [0.25, 0.3) is 0 Å². The van der Waals surface area contributed by atoms with Crippen molar-refractivity contribution in [1.29, 1.82) is 0 Å². The second-order valence-corrected chi connectivity index (χ2v) is 8.57. The lowest BCUT2D eigenvalue weighted by atomic mass is 10.0. The lowest BCUT2D eigenvalue weighted by Crippen LogP contribution is -2.38. The number of benzene rings is 1. The number of aromatic nitrogens is 2. The van der Waals surface area contributed by atoms with Gasteiger partial charge in [-0.05, 0) is 24.5 Å². The van der Waals surface area contributed by atoms with Crippen molar-refractivity contribution in [3.05, 3.63) is 59.1 Å². The molecule has 3 aromatic rings. The van der Waals surface area contributed by atoms with Crippen LogP contribution >= 0.6 is 11.3 Å². The van der Waals surface area contributed by atoms with Crippen LogP contribution in [0.4, 0.5) is 10.8 Å². The minimum absolute atomic E-state index is 0.0829. The molecule has 0 bridgehead atoms. The number of ketones is 1. The summed E-state index contributed by atoms with van der Waals surface area (Å²) in [6, 6.07) is 12.8. The molecule has 0 unspecified atom stereocenters. The highest BCUT2D eigenvalue weighted by molar-refractivity contribution is 7.14. The van der Waals surface area contributed by atoms with Gasteiger partial charge >= 0.3 is 0 Å². The molecule has 2 aliphatic rings. The molecule has 6 nitrogen and oxygen atoms in total. The summed E-state index contributed by atoms with van der Waals surface area (Å²) in [5.74, 6) is 0.0829. The molecule has 4 heterocycles.